The molecule has 0 saturated carbocycles. The third-order valence-corrected chi connectivity index (χ3v) is 4.57. The van der Waals surface area contributed by atoms with Crippen molar-refractivity contribution in [3.63, 3.8) is 0 Å². The Labute approximate surface area is 177 Å². The Bertz CT molecular complexity index is 1370. The zero-order valence-corrected chi connectivity index (χ0v) is 16.3. The number of esters is 1. The number of hydrogen-bond acceptors (Lipinski definition) is 7. The molecular weight excluding hydrogens is 431 g/mol. The highest BCUT2D eigenvalue weighted by atomic mass is 19.2. The molecule has 0 N–H and O–H groups in total. The summed E-state index contributed by atoms with van der Waals surface area (Å²) >= 11 is 0. The first kappa shape index (κ1) is 20.9. The number of ether oxygens (including phenoxy) is 1. The summed E-state index contributed by atoms with van der Waals surface area (Å²) in [5.74, 6) is -5.42. The molecule has 12 heteroatoms. The van der Waals surface area contributed by atoms with Crippen LogP contribution in [0.25, 0.3) is 27.8 Å². The van der Waals surface area contributed by atoms with Gasteiger partial charge in [-0.3, -0.25) is 15.1 Å². The van der Waals surface area contributed by atoms with E-state index < -0.39 is 33.9 Å². The van der Waals surface area contributed by atoms with Crippen molar-refractivity contribution in [3.05, 3.63) is 75.9 Å². The van der Waals surface area contributed by atoms with E-state index in [0.29, 0.717) is 0 Å². The molecule has 0 aliphatic carbocycles. The molecule has 0 saturated heterocycles. The number of carbonyl (C=O) groups excluding carboxylic acids is 1. The van der Waals surface area contributed by atoms with Crippen molar-refractivity contribution in [1.29, 1.82) is 0 Å². The van der Waals surface area contributed by atoms with Crippen molar-refractivity contribution < 1.29 is 27.6 Å². The van der Waals surface area contributed by atoms with Crippen LogP contribution in [0.2, 0.25) is 0 Å². The summed E-state index contributed by atoms with van der Waals surface area (Å²) in [5.41, 5.74) is -0.491. The minimum absolute atomic E-state index is 0.0410. The molecule has 0 unspecified atom stereocenters. The van der Waals surface area contributed by atoms with E-state index in [1.807, 2.05) is 0 Å². The van der Waals surface area contributed by atoms with Gasteiger partial charge in [-0.15, -0.1) is 5.10 Å². The van der Waals surface area contributed by atoms with Crippen molar-refractivity contribution >= 4 is 22.6 Å². The largest absolute Gasteiger partial charge is 0.461 e. The van der Waals surface area contributed by atoms with Crippen LogP contribution in [-0.2, 0) is 4.74 Å². The van der Waals surface area contributed by atoms with Gasteiger partial charge in [0.05, 0.1) is 17.2 Å². The second kappa shape index (κ2) is 8.06. The summed E-state index contributed by atoms with van der Waals surface area (Å²) in [7, 11) is 0. The Kier molecular flexibility index (Phi) is 5.26. The molecule has 2 heterocycles. The lowest BCUT2D eigenvalue weighted by Crippen LogP contribution is -2.08. The van der Waals surface area contributed by atoms with Gasteiger partial charge < -0.3 is 4.74 Å². The van der Waals surface area contributed by atoms with E-state index >= 15 is 0 Å². The summed E-state index contributed by atoms with van der Waals surface area (Å²) in [4.78, 5) is 26.6. The molecule has 0 fully saturated rings. The van der Waals surface area contributed by atoms with Crippen molar-refractivity contribution in [1.82, 2.24) is 20.0 Å². The number of nitro groups is 1. The minimum atomic E-state index is -1.68. The fourth-order valence-corrected chi connectivity index (χ4v) is 3.15. The van der Waals surface area contributed by atoms with E-state index in [2.05, 4.69) is 15.3 Å². The SMILES string of the molecule is CCOC(=O)c1nnn(-c2ccnc3c(F)c(F)c(F)cc23)c1-c1ccc([N+](=O)[O-])cc1. The molecule has 2 aromatic carbocycles. The molecule has 0 atom stereocenters. The number of benzene rings is 2. The normalized spacial score (nSPS) is 11.0. The van der Waals surface area contributed by atoms with Gasteiger partial charge in [0.2, 0.25) is 0 Å². The molecule has 0 radical (unpaired) electrons. The van der Waals surface area contributed by atoms with Gasteiger partial charge in [-0.1, -0.05) is 5.21 Å². The number of pyridine rings is 1. The molecule has 32 heavy (non-hydrogen) atoms. The molecule has 162 valence electrons. The van der Waals surface area contributed by atoms with Gasteiger partial charge in [0.25, 0.3) is 5.69 Å². The van der Waals surface area contributed by atoms with Crippen LogP contribution < -0.4 is 0 Å². The van der Waals surface area contributed by atoms with Crippen LogP contribution >= 0.6 is 0 Å². The average molecular weight is 443 g/mol. The van der Waals surface area contributed by atoms with Crippen LogP contribution in [0.4, 0.5) is 18.9 Å². The summed E-state index contributed by atoms with van der Waals surface area (Å²) < 4.78 is 48.0. The molecule has 4 aromatic rings. The maximum absolute atomic E-state index is 14.3. The molecular formula is C20H12F3N5O4. The number of non-ortho nitro benzene ring substituents is 1. The highest BCUT2D eigenvalue weighted by molar-refractivity contribution is 5.96. The molecule has 9 nitrogen and oxygen atoms in total. The Balaban J connectivity index is 2.00. The molecule has 0 spiro atoms. The topological polar surface area (TPSA) is 113 Å². The zero-order valence-electron chi connectivity index (χ0n) is 16.3. The summed E-state index contributed by atoms with van der Waals surface area (Å²) in [5, 5.41) is 18.6. The predicted octanol–water partition coefficient (Wildman–Crippen LogP) is 3.98. The Hall–Kier alpha value is -4.35. The Morgan fingerprint density at radius 3 is 2.53 bits per heavy atom. The van der Waals surface area contributed by atoms with E-state index in [9.17, 15) is 28.1 Å². The van der Waals surface area contributed by atoms with E-state index in [0.717, 1.165) is 16.9 Å². The zero-order chi connectivity index (χ0) is 23.0. The third-order valence-electron chi connectivity index (χ3n) is 4.57. The molecule has 2 aromatic heterocycles. The van der Waals surface area contributed by atoms with Gasteiger partial charge >= 0.3 is 5.97 Å². The number of fused-ring (bicyclic) bond motifs is 1. The van der Waals surface area contributed by atoms with Crippen molar-refractivity contribution in [3.8, 4) is 16.9 Å². The second-order valence-electron chi connectivity index (χ2n) is 6.44. The van der Waals surface area contributed by atoms with E-state index in [-0.39, 0.29) is 40.3 Å². The van der Waals surface area contributed by atoms with E-state index in [4.69, 9.17) is 4.74 Å². The number of aromatic nitrogens is 4. The first-order valence-corrected chi connectivity index (χ1v) is 9.13. The number of nitrogens with zero attached hydrogens (tertiary/aromatic N) is 5. The lowest BCUT2D eigenvalue weighted by molar-refractivity contribution is -0.384. The molecule has 0 aliphatic heterocycles. The lowest BCUT2D eigenvalue weighted by Gasteiger charge is -2.11. The maximum Gasteiger partial charge on any atom is 0.361 e. The summed E-state index contributed by atoms with van der Waals surface area (Å²) in [6.45, 7) is 1.63. The summed E-state index contributed by atoms with van der Waals surface area (Å²) in [6.07, 6.45) is 1.16. The van der Waals surface area contributed by atoms with Crippen LogP contribution in [0, 0.1) is 27.6 Å². The van der Waals surface area contributed by atoms with Gasteiger partial charge in [-0.05, 0) is 31.2 Å². The molecule has 0 bridgehead atoms. The minimum Gasteiger partial charge on any atom is -0.461 e. The van der Waals surface area contributed by atoms with Gasteiger partial charge in [-0.25, -0.2) is 22.6 Å². The maximum atomic E-state index is 14.3. The van der Waals surface area contributed by atoms with Crippen LogP contribution in [0.3, 0.4) is 0 Å². The van der Waals surface area contributed by atoms with Crippen molar-refractivity contribution in [2.75, 3.05) is 6.61 Å². The number of hydrogen-bond donors (Lipinski definition) is 0. The van der Waals surface area contributed by atoms with Gasteiger partial charge in [0.15, 0.2) is 23.1 Å². The molecule has 0 amide bonds. The first-order valence-electron chi connectivity index (χ1n) is 9.13. The Morgan fingerprint density at radius 2 is 1.88 bits per heavy atom. The van der Waals surface area contributed by atoms with Crippen LogP contribution in [0.15, 0.2) is 42.6 Å². The number of rotatable bonds is 5. The van der Waals surface area contributed by atoms with Crippen LogP contribution in [0.5, 0.6) is 0 Å². The van der Waals surface area contributed by atoms with Crippen LogP contribution in [-0.4, -0.2) is 37.5 Å². The highest BCUT2D eigenvalue weighted by Crippen LogP contribution is 2.32. The molecule has 4 rings (SSSR count). The van der Waals surface area contributed by atoms with Gasteiger partial charge in [0.1, 0.15) is 11.2 Å². The lowest BCUT2D eigenvalue weighted by atomic mass is 10.1. The summed E-state index contributed by atoms with van der Waals surface area (Å²) in [6, 6.07) is 7.24. The quantitative estimate of drug-likeness (QED) is 0.198. The predicted molar refractivity (Wildman–Crippen MR) is 105 cm³/mol. The van der Waals surface area contributed by atoms with E-state index in [1.165, 1.54) is 30.3 Å². The third kappa shape index (κ3) is 3.41. The van der Waals surface area contributed by atoms with Crippen molar-refractivity contribution in [2.24, 2.45) is 0 Å². The van der Waals surface area contributed by atoms with Crippen molar-refractivity contribution in [2.45, 2.75) is 6.92 Å². The van der Waals surface area contributed by atoms with E-state index in [1.54, 1.807) is 6.92 Å². The standard InChI is InChI=1S/C20H12F3N5O4/c1-2-32-20(29)18-19(10-3-5-11(6-4-10)28(30)31)27(26-25-18)14-7-8-24-17-12(14)9-13(21)15(22)16(17)23/h3-9H,2H2,1H3. The molecule has 0 aliphatic rings. The number of nitro benzene ring substituents is 1. The van der Waals surface area contributed by atoms with Gasteiger partial charge in [-0.2, -0.15) is 0 Å². The fourth-order valence-electron chi connectivity index (χ4n) is 3.15. The van der Waals surface area contributed by atoms with Crippen LogP contribution in [0.1, 0.15) is 17.4 Å². The number of halogens is 3. The number of carbonyl (C=O) groups is 1. The van der Waals surface area contributed by atoms with Gasteiger partial charge in [0, 0.05) is 29.3 Å². The monoisotopic (exact) mass is 443 g/mol. The fraction of sp³-hybridized carbons (Fsp3) is 0.100. The first-order chi connectivity index (χ1) is 15.3. The highest BCUT2D eigenvalue weighted by Gasteiger charge is 2.26. The smallest absolute Gasteiger partial charge is 0.361 e. The Morgan fingerprint density at radius 1 is 1.16 bits per heavy atom. The second-order valence-corrected chi connectivity index (χ2v) is 6.44. The average Bonchev–Trinajstić information content (AvgIpc) is 3.22.